The first-order chi connectivity index (χ1) is 10.6. The van der Waals surface area contributed by atoms with Crippen LogP contribution in [0.2, 0.25) is 0 Å². The van der Waals surface area contributed by atoms with Crippen molar-refractivity contribution in [3.05, 3.63) is 30.0 Å². The predicted molar refractivity (Wildman–Crippen MR) is 83.5 cm³/mol. The van der Waals surface area contributed by atoms with Crippen molar-refractivity contribution >= 4 is 17.3 Å². The molecule has 0 saturated carbocycles. The molecule has 1 fully saturated rings. The largest absolute Gasteiger partial charge is 0.404 e. The van der Waals surface area contributed by atoms with Crippen molar-refractivity contribution in [2.24, 2.45) is 11.7 Å². The van der Waals surface area contributed by atoms with Gasteiger partial charge in [-0.3, -0.25) is 9.59 Å². The lowest BCUT2D eigenvalue weighted by Gasteiger charge is -2.09. The molecule has 2 rings (SSSR count). The number of carbonyl (C=O) groups excluding carboxylic acids is 2. The Balaban J connectivity index is 2.09. The van der Waals surface area contributed by atoms with E-state index in [1.807, 2.05) is 13.0 Å². The van der Waals surface area contributed by atoms with Gasteiger partial charge in [0, 0.05) is 37.5 Å². The first-order valence-electron chi connectivity index (χ1n) is 7.68. The molecule has 0 aromatic carbocycles. The Bertz CT molecular complexity index is 583. The maximum Gasteiger partial charge on any atom is 0.220 e. The number of nitrogens with one attached hydrogen (secondary N) is 1. The van der Waals surface area contributed by atoms with E-state index < -0.39 is 0 Å². The van der Waals surface area contributed by atoms with Crippen molar-refractivity contribution in [1.82, 2.24) is 15.3 Å². The number of allylic oxidation sites excluding steroid dienone is 1. The summed E-state index contributed by atoms with van der Waals surface area (Å²) in [5.74, 6) is 0.672. The smallest absolute Gasteiger partial charge is 0.220 e. The van der Waals surface area contributed by atoms with Crippen LogP contribution < -0.4 is 11.1 Å². The Kier molecular flexibility index (Phi) is 5.63. The van der Waals surface area contributed by atoms with Crippen molar-refractivity contribution in [2.45, 2.75) is 39.0 Å². The predicted octanol–water partition coefficient (Wildman–Crippen LogP) is 1.21. The first kappa shape index (κ1) is 16.1. The normalized spacial score (nSPS) is 18.3. The van der Waals surface area contributed by atoms with Crippen LogP contribution in [0.25, 0.3) is 5.57 Å². The summed E-state index contributed by atoms with van der Waals surface area (Å²) >= 11 is 0. The molecule has 2 heterocycles. The second kappa shape index (κ2) is 7.68. The summed E-state index contributed by atoms with van der Waals surface area (Å²) in [6.07, 6.45) is 6.37. The molecule has 3 N–H and O–H groups in total. The van der Waals surface area contributed by atoms with Crippen molar-refractivity contribution in [2.75, 3.05) is 6.54 Å². The summed E-state index contributed by atoms with van der Waals surface area (Å²) in [5.41, 5.74) is 6.79. The van der Waals surface area contributed by atoms with Crippen molar-refractivity contribution in [1.29, 1.82) is 0 Å². The minimum atomic E-state index is -0.0285. The summed E-state index contributed by atoms with van der Waals surface area (Å²) in [7, 11) is 0. The SMILES string of the molecule is CCCCC(=O)C(=CN)c1nccc(CC2CNC(=O)C2)n1. The van der Waals surface area contributed by atoms with E-state index >= 15 is 0 Å². The third-order valence-electron chi connectivity index (χ3n) is 3.74. The van der Waals surface area contributed by atoms with E-state index in [9.17, 15) is 9.59 Å². The third kappa shape index (κ3) is 4.13. The Morgan fingerprint density at radius 3 is 3.00 bits per heavy atom. The first-order valence-corrected chi connectivity index (χ1v) is 7.68. The number of aromatic nitrogens is 2. The van der Waals surface area contributed by atoms with Gasteiger partial charge in [-0.15, -0.1) is 0 Å². The van der Waals surface area contributed by atoms with Crippen LogP contribution >= 0.6 is 0 Å². The molecule has 1 atom stereocenters. The maximum atomic E-state index is 12.1. The lowest BCUT2D eigenvalue weighted by Crippen LogP contribution is -2.15. The number of unbranched alkanes of at least 4 members (excludes halogenated alkanes) is 1. The number of nitrogens with zero attached hydrogens (tertiary/aromatic N) is 2. The van der Waals surface area contributed by atoms with Gasteiger partial charge in [-0.1, -0.05) is 13.3 Å². The lowest BCUT2D eigenvalue weighted by atomic mass is 10.0. The molecule has 118 valence electrons. The highest BCUT2D eigenvalue weighted by Gasteiger charge is 2.22. The number of hydrogen-bond donors (Lipinski definition) is 2. The van der Waals surface area contributed by atoms with Gasteiger partial charge in [0.15, 0.2) is 11.6 Å². The summed E-state index contributed by atoms with van der Waals surface area (Å²) in [6.45, 7) is 2.71. The Labute approximate surface area is 130 Å². The Hall–Kier alpha value is -2.24. The van der Waals surface area contributed by atoms with Crippen LogP contribution in [-0.2, 0) is 16.0 Å². The number of carbonyl (C=O) groups is 2. The summed E-state index contributed by atoms with van der Waals surface area (Å²) in [4.78, 5) is 32.0. The average Bonchev–Trinajstić information content (AvgIpc) is 2.91. The summed E-state index contributed by atoms with van der Waals surface area (Å²) in [6, 6.07) is 1.82. The third-order valence-corrected chi connectivity index (χ3v) is 3.74. The van der Waals surface area contributed by atoms with Crippen LogP contribution in [0.15, 0.2) is 18.5 Å². The van der Waals surface area contributed by atoms with Crippen LogP contribution in [0.5, 0.6) is 0 Å². The van der Waals surface area contributed by atoms with Gasteiger partial charge in [0.2, 0.25) is 5.91 Å². The fraction of sp³-hybridized carbons (Fsp3) is 0.500. The molecule has 1 unspecified atom stereocenters. The second-order valence-corrected chi connectivity index (χ2v) is 5.56. The highest BCUT2D eigenvalue weighted by Crippen LogP contribution is 2.17. The molecular formula is C16H22N4O2. The molecule has 6 heteroatoms. The van der Waals surface area contributed by atoms with Crippen LogP contribution in [0.4, 0.5) is 0 Å². The molecule has 1 aromatic heterocycles. The van der Waals surface area contributed by atoms with E-state index in [1.54, 1.807) is 6.20 Å². The van der Waals surface area contributed by atoms with E-state index in [-0.39, 0.29) is 17.6 Å². The van der Waals surface area contributed by atoms with Crippen LogP contribution in [0.3, 0.4) is 0 Å². The zero-order chi connectivity index (χ0) is 15.9. The van der Waals surface area contributed by atoms with E-state index in [4.69, 9.17) is 5.73 Å². The van der Waals surface area contributed by atoms with Gasteiger partial charge in [-0.2, -0.15) is 0 Å². The zero-order valence-corrected chi connectivity index (χ0v) is 12.8. The molecule has 0 radical (unpaired) electrons. The molecule has 1 aliphatic heterocycles. The summed E-state index contributed by atoms with van der Waals surface area (Å²) < 4.78 is 0. The van der Waals surface area contributed by atoms with Gasteiger partial charge < -0.3 is 11.1 Å². The van der Waals surface area contributed by atoms with Crippen LogP contribution in [0, 0.1) is 5.92 Å². The second-order valence-electron chi connectivity index (χ2n) is 5.56. The number of rotatable bonds is 7. The number of nitrogens with two attached hydrogens (primary N) is 1. The Morgan fingerprint density at radius 2 is 2.36 bits per heavy atom. The van der Waals surface area contributed by atoms with E-state index in [0.29, 0.717) is 37.2 Å². The topological polar surface area (TPSA) is 98.0 Å². The quantitative estimate of drug-likeness (QED) is 0.738. The molecule has 1 aliphatic rings. The molecule has 0 spiro atoms. The highest BCUT2D eigenvalue weighted by atomic mass is 16.1. The number of hydrogen-bond acceptors (Lipinski definition) is 5. The van der Waals surface area contributed by atoms with Crippen molar-refractivity contribution in [3.8, 4) is 0 Å². The molecule has 0 bridgehead atoms. The molecular weight excluding hydrogens is 280 g/mol. The number of Topliss-reactive ketones (excluding diaryl/α,β-unsaturated/α-hetero) is 1. The van der Waals surface area contributed by atoms with Crippen LogP contribution in [-0.4, -0.2) is 28.2 Å². The number of amides is 1. The Morgan fingerprint density at radius 1 is 1.55 bits per heavy atom. The fourth-order valence-corrected chi connectivity index (χ4v) is 2.51. The molecule has 1 saturated heterocycles. The standard InChI is InChI=1S/C16H22N4O2/c1-2-3-4-14(21)13(9-17)16-18-6-5-12(20-16)7-11-8-15(22)19-10-11/h5-6,9,11H,2-4,7-8,10,17H2,1H3,(H,19,22). The van der Waals surface area contributed by atoms with Gasteiger partial charge in [0.25, 0.3) is 0 Å². The molecule has 22 heavy (non-hydrogen) atoms. The van der Waals surface area contributed by atoms with Gasteiger partial charge >= 0.3 is 0 Å². The maximum absolute atomic E-state index is 12.1. The summed E-state index contributed by atoms with van der Waals surface area (Å²) in [5, 5.41) is 2.81. The molecule has 6 nitrogen and oxygen atoms in total. The highest BCUT2D eigenvalue weighted by molar-refractivity contribution is 6.19. The fourth-order valence-electron chi connectivity index (χ4n) is 2.51. The van der Waals surface area contributed by atoms with Crippen LogP contribution in [0.1, 0.15) is 44.1 Å². The minimum Gasteiger partial charge on any atom is -0.404 e. The van der Waals surface area contributed by atoms with Crippen molar-refractivity contribution in [3.63, 3.8) is 0 Å². The van der Waals surface area contributed by atoms with Gasteiger partial charge in [-0.05, 0) is 24.8 Å². The van der Waals surface area contributed by atoms with E-state index in [0.717, 1.165) is 18.5 Å². The zero-order valence-electron chi connectivity index (χ0n) is 12.8. The average molecular weight is 302 g/mol. The van der Waals surface area contributed by atoms with Gasteiger partial charge in [0.05, 0.1) is 5.57 Å². The molecule has 0 aliphatic carbocycles. The van der Waals surface area contributed by atoms with Gasteiger partial charge in [-0.25, -0.2) is 9.97 Å². The van der Waals surface area contributed by atoms with Crippen molar-refractivity contribution < 1.29 is 9.59 Å². The minimum absolute atomic E-state index is 0.0285. The van der Waals surface area contributed by atoms with E-state index in [1.165, 1.54) is 6.20 Å². The van der Waals surface area contributed by atoms with Gasteiger partial charge in [0.1, 0.15) is 0 Å². The van der Waals surface area contributed by atoms with E-state index in [2.05, 4.69) is 15.3 Å². The molecule has 1 aromatic rings. The number of ketones is 1. The lowest BCUT2D eigenvalue weighted by molar-refractivity contribution is -0.119. The molecule has 1 amide bonds. The monoisotopic (exact) mass is 302 g/mol.